The lowest BCUT2D eigenvalue weighted by Gasteiger charge is -2.42. The predicted molar refractivity (Wildman–Crippen MR) is 109 cm³/mol. The third-order valence-corrected chi connectivity index (χ3v) is 5.68. The molecular weight excluding hydrogens is 359 g/mol. The van der Waals surface area contributed by atoms with E-state index in [0.29, 0.717) is 23.3 Å². The van der Waals surface area contributed by atoms with Gasteiger partial charge < -0.3 is 14.2 Å². The van der Waals surface area contributed by atoms with Crippen LogP contribution in [0.25, 0.3) is 5.57 Å². The zero-order chi connectivity index (χ0) is 21.1. The number of rotatable bonds is 7. The molecule has 2 rings (SSSR count). The molecule has 0 unspecified atom stereocenters. The van der Waals surface area contributed by atoms with E-state index in [1.165, 1.54) is 11.1 Å². The molecule has 0 aliphatic heterocycles. The molecule has 0 bridgehead atoms. The first-order valence-corrected chi connectivity index (χ1v) is 9.96. The Labute approximate surface area is 168 Å². The number of ether oxygens (including phenoxy) is 3. The van der Waals surface area contributed by atoms with E-state index in [4.69, 9.17) is 14.2 Å². The molecule has 28 heavy (non-hydrogen) atoms. The standard InChI is InChI=1S/C23H33FO4/c1-8-15(20(24)21(25)27-9-2)16-12-17-18(13-19(16)28-14-26-7)23(5,6)11-10-22(17,3)4/h12-13H,8-11,14H2,1-7H3/b20-15+. The van der Waals surface area contributed by atoms with Crippen LogP contribution in [0.3, 0.4) is 0 Å². The average Bonchev–Trinajstić information content (AvgIpc) is 2.64. The highest BCUT2D eigenvalue weighted by atomic mass is 19.1. The molecule has 0 spiro atoms. The Morgan fingerprint density at radius 1 is 1.07 bits per heavy atom. The highest BCUT2D eigenvalue weighted by Crippen LogP contribution is 2.49. The van der Waals surface area contributed by atoms with Crippen LogP contribution in [0.5, 0.6) is 5.75 Å². The molecule has 5 heteroatoms. The fraction of sp³-hybridized carbons (Fsp3) is 0.609. The topological polar surface area (TPSA) is 44.8 Å². The molecule has 1 aliphatic carbocycles. The first kappa shape index (κ1) is 22.4. The Morgan fingerprint density at radius 2 is 1.64 bits per heavy atom. The van der Waals surface area contributed by atoms with Gasteiger partial charge in [-0.2, -0.15) is 4.39 Å². The van der Waals surface area contributed by atoms with Crippen LogP contribution in [-0.4, -0.2) is 26.5 Å². The third kappa shape index (κ3) is 4.40. The van der Waals surface area contributed by atoms with E-state index >= 15 is 0 Å². The number of carbonyl (C=O) groups excluding carboxylic acids is 1. The van der Waals surface area contributed by atoms with Crippen molar-refractivity contribution in [3.05, 3.63) is 34.6 Å². The van der Waals surface area contributed by atoms with Gasteiger partial charge in [0, 0.05) is 18.2 Å². The van der Waals surface area contributed by atoms with Gasteiger partial charge in [0.25, 0.3) is 0 Å². The lowest BCUT2D eigenvalue weighted by molar-refractivity contribution is -0.140. The minimum Gasteiger partial charge on any atom is -0.467 e. The molecular formula is C23H33FO4. The monoisotopic (exact) mass is 392 g/mol. The maximum absolute atomic E-state index is 14.9. The van der Waals surface area contributed by atoms with Gasteiger partial charge in [0.2, 0.25) is 5.83 Å². The van der Waals surface area contributed by atoms with Gasteiger partial charge in [-0.3, -0.25) is 0 Å². The number of allylic oxidation sites excluding steroid dienone is 1. The van der Waals surface area contributed by atoms with Crippen molar-refractivity contribution >= 4 is 11.5 Å². The van der Waals surface area contributed by atoms with Crippen molar-refractivity contribution in [3.63, 3.8) is 0 Å². The van der Waals surface area contributed by atoms with Gasteiger partial charge in [-0.05, 0) is 60.3 Å². The van der Waals surface area contributed by atoms with E-state index < -0.39 is 11.8 Å². The SMILES string of the molecule is CCOC(=O)/C(F)=C(/CC)c1cc2c(cc1OCOC)C(C)(C)CCC2(C)C. The Kier molecular flexibility index (Phi) is 6.92. The molecule has 0 N–H and O–H groups in total. The zero-order valence-electron chi connectivity index (χ0n) is 18.2. The predicted octanol–water partition coefficient (Wildman–Crippen LogP) is 5.67. The average molecular weight is 393 g/mol. The van der Waals surface area contributed by atoms with Crippen molar-refractivity contribution in [2.24, 2.45) is 0 Å². The quantitative estimate of drug-likeness (QED) is 0.341. The molecule has 4 nitrogen and oxygen atoms in total. The number of halogens is 1. The highest BCUT2D eigenvalue weighted by Gasteiger charge is 2.38. The molecule has 1 aromatic rings. The molecule has 0 radical (unpaired) electrons. The maximum Gasteiger partial charge on any atom is 0.367 e. The molecule has 1 aromatic carbocycles. The molecule has 0 heterocycles. The number of hydrogen-bond acceptors (Lipinski definition) is 4. The van der Waals surface area contributed by atoms with E-state index in [1.54, 1.807) is 14.0 Å². The fourth-order valence-corrected chi connectivity index (χ4v) is 3.85. The fourth-order valence-electron chi connectivity index (χ4n) is 3.85. The minimum atomic E-state index is -0.936. The number of esters is 1. The number of hydrogen-bond donors (Lipinski definition) is 0. The van der Waals surface area contributed by atoms with Crippen LogP contribution in [-0.2, 0) is 25.1 Å². The summed E-state index contributed by atoms with van der Waals surface area (Å²) in [6.07, 6.45) is 2.44. The van der Waals surface area contributed by atoms with Crippen LogP contribution in [0.15, 0.2) is 18.0 Å². The largest absolute Gasteiger partial charge is 0.467 e. The van der Waals surface area contributed by atoms with Crippen molar-refractivity contribution < 1.29 is 23.4 Å². The van der Waals surface area contributed by atoms with Crippen LogP contribution in [0.1, 0.15) is 77.5 Å². The molecule has 0 atom stereocenters. The van der Waals surface area contributed by atoms with Crippen LogP contribution in [0, 0.1) is 0 Å². The first-order valence-electron chi connectivity index (χ1n) is 9.96. The van der Waals surface area contributed by atoms with Crippen molar-refractivity contribution in [2.75, 3.05) is 20.5 Å². The lowest BCUT2D eigenvalue weighted by atomic mass is 9.62. The summed E-state index contributed by atoms with van der Waals surface area (Å²) in [6, 6.07) is 4.00. The summed E-state index contributed by atoms with van der Waals surface area (Å²) >= 11 is 0. The highest BCUT2D eigenvalue weighted by molar-refractivity contribution is 5.96. The molecule has 0 fully saturated rings. The van der Waals surface area contributed by atoms with Crippen molar-refractivity contribution in [2.45, 2.75) is 71.6 Å². The van der Waals surface area contributed by atoms with Crippen LogP contribution < -0.4 is 4.74 Å². The van der Waals surface area contributed by atoms with Gasteiger partial charge in [-0.15, -0.1) is 0 Å². The Hall–Kier alpha value is -1.88. The Morgan fingerprint density at radius 3 is 2.14 bits per heavy atom. The van der Waals surface area contributed by atoms with E-state index in [2.05, 4.69) is 27.7 Å². The third-order valence-electron chi connectivity index (χ3n) is 5.68. The zero-order valence-corrected chi connectivity index (χ0v) is 18.2. The smallest absolute Gasteiger partial charge is 0.367 e. The van der Waals surface area contributed by atoms with Gasteiger partial charge in [0.15, 0.2) is 6.79 Å². The summed E-state index contributed by atoms with van der Waals surface area (Å²) in [5.41, 5.74) is 3.21. The van der Waals surface area contributed by atoms with Gasteiger partial charge in [-0.25, -0.2) is 4.79 Å². The summed E-state index contributed by atoms with van der Waals surface area (Å²) in [6.45, 7) is 12.5. The number of fused-ring (bicyclic) bond motifs is 1. The summed E-state index contributed by atoms with van der Waals surface area (Å²) in [5.74, 6) is -1.27. The summed E-state index contributed by atoms with van der Waals surface area (Å²) in [4.78, 5) is 12.0. The van der Waals surface area contributed by atoms with Crippen LogP contribution >= 0.6 is 0 Å². The molecule has 1 aliphatic rings. The summed E-state index contributed by atoms with van der Waals surface area (Å²) in [7, 11) is 1.54. The van der Waals surface area contributed by atoms with Gasteiger partial charge in [-0.1, -0.05) is 34.6 Å². The Bertz CT molecular complexity index is 762. The first-order chi connectivity index (χ1) is 13.1. The second-order valence-electron chi connectivity index (χ2n) is 8.58. The molecule has 156 valence electrons. The van der Waals surface area contributed by atoms with Crippen LogP contribution in [0.4, 0.5) is 4.39 Å². The minimum absolute atomic E-state index is 0.00958. The lowest BCUT2D eigenvalue weighted by Crippen LogP contribution is -2.34. The van der Waals surface area contributed by atoms with E-state index in [-0.39, 0.29) is 24.2 Å². The molecule has 0 saturated carbocycles. The second-order valence-corrected chi connectivity index (χ2v) is 8.58. The normalized spacial score (nSPS) is 18.1. The van der Waals surface area contributed by atoms with Gasteiger partial charge >= 0.3 is 5.97 Å². The van der Waals surface area contributed by atoms with Gasteiger partial charge in [0.1, 0.15) is 5.75 Å². The van der Waals surface area contributed by atoms with Gasteiger partial charge in [0.05, 0.1) is 6.61 Å². The number of carbonyl (C=O) groups is 1. The van der Waals surface area contributed by atoms with E-state index in [1.807, 2.05) is 19.1 Å². The molecule has 0 saturated heterocycles. The molecule has 0 amide bonds. The van der Waals surface area contributed by atoms with Crippen molar-refractivity contribution in [1.29, 1.82) is 0 Å². The molecule has 0 aromatic heterocycles. The summed E-state index contributed by atoms with van der Waals surface area (Å²) < 4.78 is 30.7. The maximum atomic E-state index is 14.9. The second kappa shape index (κ2) is 8.64. The van der Waals surface area contributed by atoms with Crippen LogP contribution in [0.2, 0.25) is 0 Å². The number of methoxy groups -OCH3 is 1. The Balaban J connectivity index is 2.74. The van der Waals surface area contributed by atoms with E-state index in [9.17, 15) is 9.18 Å². The summed E-state index contributed by atoms with van der Waals surface area (Å²) in [5, 5.41) is 0. The number of benzene rings is 1. The van der Waals surface area contributed by atoms with E-state index in [0.717, 1.165) is 12.8 Å². The van der Waals surface area contributed by atoms with Crippen molar-refractivity contribution in [1.82, 2.24) is 0 Å². The van der Waals surface area contributed by atoms with Crippen molar-refractivity contribution in [3.8, 4) is 5.75 Å².